The van der Waals surface area contributed by atoms with Crippen LogP contribution in [0.15, 0.2) is 0 Å². The second-order valence-corrected chi connectivity index (χ2v) is 3.85. The highest BCUT2D eigenvalue weighted by Crippen LogP contribution is 2.25. The van der Waals surface area contributed by atoms with Gasteiger partial charge in [-0.25, -0.2) is 0 Å². The lowest BCUT2D eigenvalue weighted by Crippen LogP contribution is -2.00. The average Bonchev–Trinajstić information content (AvgIpc) is 2.53. The Hall–Kier alpha value is -0.370. The van der Waals surface area contributed by atoms with Gasteiger partial charge in [0.25, 0.3) is 0 Å². The minimum absolute atomic E-state index is 1.22. The Labute approximate surface area is 79.0 Å². The molecular weight excluding hydrogens is 166 g/mol. The van der Waals surface area contributed by atoms with Crippen LogP contribution < -0.4 is 0 Å². The van der Waals surface area contributed by atoms with E-state index in [1.807, 2.05) is 13.8 Å². The quantitative estimate of drug-likeness (QED) is 0.601. The maximum Gasteiger partial charge on any atom is 0.0576 e. The lowest BCUT2D eigenvalue weighted by atomic mass is 9.97. The molecule has 0 fully saturated rings. The topological polar surface area (TPSA) is 12.9 Å². The molecule has 1 nitrogen and oxygen atoms in total. The predicted octanol–water partition coefficient (Wildman–Crippen LogP) is 3.36. The molecule has 0 N–H and O–H groups in total. The summed E-state index contributed by atoms with van der Waals surface area (Å²) in [7, 11) is 0. The number of aromatic nitrogens is 1. The fraction of sp³-hybridized carbons (Fsp3) is 0.700. The SMILES string of the molecule is CC.Cc1snc2c1CCCC2. The van der Waals surface area contributed by atoms with Crippen molar-refractivity contribution < 1.29 is 0 Å². The van der Waals surface area contributed by atoms with Gasteiger partial charge in [-0.1, -0.05) is 13.8 Å². The molecule has 12 heavy (non-hydrogen) atoms. The summed E-state index contributed by atoms with van der Waals surface area (Å²) >= 11 is 1.67. The second-order valence-electron chi connectivity index (χ2n) is 2.87. The summed E-state index contributed by atoms with van der Waals surface area (Å²) < 4.78 is 4.40. The van der Waals surface area contributed by atoms with E-state index in [4.69, 9.17) is 0 Å². The van der Waals surface area contributed by atoms with Crippen LogP contribution in [0.5, 0.6) is 0 Å². The Morgan fingerprint density at radius 1 is 1.17 bits per heavy atom. The van der Waals surface area contributed by atoms with Gasteiger partial charge in [0, 0.05) is 4.88 Å². The Morgan fingerprint density at radius 2 is 1.83 bits per heavy atom. The van der Waals surface area contributed by atoms with Crippen molar-refractivity contribution in [1.82, 2.24) is 4.37 Å². The van der Waals surface area contributed by atoms with Gasteiger partial charge in [-0.15, -0.1) is 0 Å². The van der Waals surface area contributed by atoms with E-state index < -0.39 is 0 Å². The molecule has 1 aromatic rings. The molecule has 2 heteroatoms. The van der Waals surface area contributed by atoms with E-state index in [9.17, 15) is 0 Å². The third kappa shape index (κ3) is 1.86. The largest absolute Gasteiger partial charge is 0.197 e. The van der Waals surface area contributed by atoms with E-state index in [0.29, 0.717) is 0 Å². The van der Waals surface area contributed by atoms with Gasteiger partial charge >= 0.3 is 0 Å². The van der Waals surface area contributed by atoms with Crippen LogP contribution >= 0.6 is 11.5 Å². The summed E-state index contributed by atoms with van der Waals surface area (Å²) in [5.41, 5.74) is 2.94. The smallest absolute Gasteiger partial charge is 0.0576 e. The van der Waals surface area contributed by atoms with Crippen molar-refractivity contribution in [3.63, 3.8) is 0 Å². The lowest BCUT2D eigenvalue weighted by Gasteiger charge is -2.08. The zero-order valence-corrected chi connectivity index (χ0v) is 9.00. The van der Waals surface area contributed by atoms with Crippen LogP contribution in [0.4, 0.5) is 0 Å². The number of nitrogens with zero attached hydrogens (tertiary/aromatic N) is 1. The van der Waals surface area contributed by atoms with Gasteiger partial charge in [0.1, 0.15) is 0 Å². The Kier molecular flexibility index (Phi) is 3.73. The molecule has 1 aliphatic rings. The summed E-state index contributed by atoms with van der Waals surface area (Å²) in [5, 5.41) is 0. The second kappa shape index (κ2) is 4.61. The van der Waals surface area contributed by atoms with Gasteiger partial charge in [0.05, 0.1) is 5.69 Å². The highest BCUT2D eigenvalue weighted by atomic mass is 32.1. The third-order valence-corrected chi connectivity index (χ3v) is 2.99. The summed E-state index contributed by atoms with van der Waals surface area (Å²) in [5.74, 6) is 0. The molecular formula is C10H17NS. The van der Waals surface area contributed by atoms with E-state index in [-0.39, 0.29) is 0 Å². The first-order valence-corrected chi connectivity index (χ1v) is 5.59. The average molecular weight is 183 g/mol. The fourth-order valence-electron chi connectivity index (χ4n) is 1.55. The number of hydrogen-bond acceptors (Lipinski definition) is 2. The van der Waals surface area contributed by atoms with Crippen molar-refractivity contribution in [2.75, 3.05) is 0 Å². The molecule has 0 saturated heterocycles. The first kappa shape index (κ1) is 9.72. The molecule has 0 saturated carbocycles. The highest BCUT2D eigenvalue weighted by molar-refractivity contribution is 7.05. The van der Waals surface area contributed by atoms with Crippen LogP contribution in [0.2, 0.25) is 0 Å². The van der Waals surface area contributed by atoms with Crippen molar-refractivity contribution >= 4 is 11.5 Å². The van der Waals surface area contributed by atoms with Crippen LogP contribution in [-0.2, 0) is 12.8 Å². The molecule has 1 heterocycles. The van der Waals surface area contributed by atoms with Crippen LogP contribution in [0.3, 0.4) is 0 Å². The number of fused-ring (bicyclic) bond motifs is 1. The van der Waals surface area contributed by atoms with Crippen molar-refractivity contribution in [3.05, 3.63) is 16.1 Å². The standard InChI is InChI=1S/C8H11NS.C2H6/c1-6-7-4-2-3-5-8(7)9-10-6;1-2/h2-5H2,1H3;1-2H3. The van der Waals surface area contributed by atoms with Crippen LogP contribution in [0.1, 0.15) is 42.8 Å². The van der Waals surface area contributed by atoms with Crippen LogP contribution in [0.25, 0.3) is 0 Å². The van der Waals surface area contributed by atoms with Crippen molar-refractivity contribution in [2.24, 2.45) is 0 Å². The molecule has 0 amide bonds. The van der Waals surface area contributed by atoms with Crippen LogP contribution in [-0.4, -0.2) is 4.37 Å². The highest BCUT2D eigenvalue weighted by Gasteiger charge is 2.13. The molecule has 2 rings (SSSR count). The molecule has 0 atom stereocenters. The van der Waals surface area contributed by atoms with E-state index in [1.54, 1.807) is 17.1 Å². The normalized spacial score (nSPS) is 14.6. The van der Waals surface area contributed by atoms with Crippen molar-refractivity contribution in [3.8, 4) is 0 Å². The van der Waals surface area contributed by atoms with Gasteiger partial charge in [0.15, 0.2) is 0 Å². The summed E-state index contributed by atoms with van der Waals surface area (Å²) in [6.45, 7) is 6.18. The summed E-state index contributed by atoms with van der Waals surface area (Å²) in [6.07, 6.45) is 5.21. The molecule has 1 aromatic heterocycles. The minimum Gasteiger partial charge on any atom is -0.197 e. The monoisotopic (exact) mass is 183 g/mol. The summed E-state index contributed by atoms with van der Waals surface area (Å²) in [4.78, 5) is 1.44. The van der Waals surface area contributed by atoms with Crippen molar-refractivity contribution in [1.29, 1.82) is 0 Å². The van der Waals surface area contributed by atoms with Gasteiger partial charge in [0.2, 0.25) is 0 Å². The van der Waals surface area contributed by atoms with E-state index >= 15 is 0 Å². The molecule has 68 valence electrons. The summed E-state index contributed by atoms with van der Waals surface area (Å²) in [6, 6.07) is 0. The first-order valence-electron chi connectivity index (χ1n) is 4.82. The van der Waals surface area contributed by atoms with Gasteiger partial charge in [-0.3, -0.25) is 0 Å². The van der Waals surface area contributed by atoms with E-state index in [0.717, 1.165) is 0 Å². The van der Waals surface area contributed by atoms with Gasteiger partial charge in [-0.2, -0.15) is 4.37 Å². The molecule has 0 spiro atoms. The number of hydrogen-bond donors (Lipinski definition) is 0. The van der Waals surface area contributed by atoms with E-state index in [1.165, 1.54) is 36.3 Å². The van der Waals surface area contributed by atoms with Gasteiger partial charge < -0.3 is 0 Å². The maximum absolute atomic E-state index is 4.40. The van der Waals surface area contributed by atoms with Gasteiger partial charge in [-0.05, 0) is 49.7 Å². The Bertz CT molecular complexity index is 240. The molecule has 1 aliphatic carbocycles. The molecule has 0 aromatic carbocycles. The number of aryl methyl sites for hydroxylation is 2. The van der Waals surface area contributed by atoms with E-state index in [2.05, 4.69) is 11.3 Å². The predicted molar refractivity (Wildman–Crippen MR) is 54.8 cm³/mol. The zero-order chi connectivity index (χ0) is 8.97. The molecule has 0 unspecified atom stereocenters. The Morgan fingerprint density at radius 3 is 2.50 bits per heavy atom. The lowest BCUT2D eigenvalue weighted by molar-refractivity contribution is 0.675. The fourth-order valence-corrected chi connectivity index (χ4v) is 2.33. The van der Waals surface area contributed by atoms with Crippen LogP contribution in [0, 0.1) is 6.92 Å². The maximum atomic E-state index is 4.40. The Balaban J connectivity index is 0.000000336. The first-order chi connectivity index (χ1) is 5.88. The zero-order valence-electron chi connectivity index (χ0n) is 8.18. The van der Waals surface area contributed by atoms with Crippen molar-refractivity contribution in [2.45, 2.75) is 46.5 Å². The third-order valence-electron chi connectivity index (χ3n) is 2.16. The number of rotatable bonds is 0. The molecule has 0 radical (unpaired) electrons. The molecule has 0 aliphatic heterocycles. The minimum atomic E-state index is 1.22. The molecule has 0 bridgehead atoms.